The van der Waals surface area contributed by atoms with Crippen LogP contribution in [0.5, 0.6) is 0 Å². The van der Waals surface area contributed by atoms with Gasteiger partial charge < -0.3 is 9.79 Å². The molecule has 40 heavy (non-hydrogen) atoms. The van der Waals surface area contributed by atoms with Crippen LogP contribution in [0.1, 0.15) is 132 Å². The monoisotopic (exact) mass is 574 g/mol. The molecule has 0 rings (SSSR count). The second-order valence-electron chi connectivity index (χ2n) is 11.6. The summed E-state index contributed by atoms with van der Waals surface area (Å²) in [6.45, 7) is 17.4. The van der Waals surface area contributed by atoms with Crippen LogP contribution >= 0.6 is 7.82 Å². The van der Waals surface area contributed by atoms with Crippen molar-refractivity contribution in [1.29, 1.82) is 0 Å². The number of hydrogen-bond donors (Lipinski definition) is 2. The fraction of sp³-hybridized carbons (Fsp3) is 0.600. The average Bonchev–Trinajstić information content (AvgIpc) is 2.83. The van der Waals surface area contributed by atoms with Crippen LogP contribution in [0, 0.1) is 0 Å². The molecule has 0 spiro atoms. The third kappa shape index (κ3) is 26.5. The van der Waals surface area contributed by atoms with Crippen molar-refractivity contribution in [3.8, 4) is 0 Å². The van der Waals surface area contributed by atoms with E-state index in [9.17, 15) is 4.57 Å². The molecule has 0 aromatic rings. The van der Waals surface area contributed by atoms with Crippen LogP contribution < -0.4 is 0 Å². The van der Waals surface area contributed by atoms with Crippen molar-refractivity contribution in [2.24, 2.45) is 0 Å². The molecular weight excluding hydrogens is 515 g/mol. The molecule has 0 aliphatic rings. The SMILES string of the molecule is CC(C)=CCC/C(C)=C/CC/C(C)=C/CC/C(C)=C\CC/C(C)=C\CC/C(C)=C\CC/C(C)=C\COP(=O)(O)O. The normalized spacial score (nSPS) is 14.7. The first kappa shape index (κ1) is 38.3. The van der Waals surface area contributed by atoms with Gasteiger partial charge >= 0.3 is 7.82 Å². The van der Waals surface area contributed by atoms with Crippen molar-refractivity contribution in [3.63, 3.8) is 0 Å². The van der Waals surface area contributed by atoms with E-state index >= 15 is 0 Å². The molecule has 0 amide bonds. The van der Waals surface area contributed by atoms with Gasteiger partial charge in [0.2, 0.25) is 0 Å². The second kappa shape index (κ2) is 22.9. The Balaban J connectivity index is 4.18. The van der Waals surface area contributed by atoms with Crippen LogP contribution in [0.15, 0.2) is 81.5 Å². The van der Waals surface area contributed by atoms with Crippen molar-refractivity contribution in [3.05, 3.63) is 81.5 Å². The molecule has 228 valence electrons. The van der Waals surface area contributed by atoms with E-state index in [1.54, 1.807) is 6.08 Å². The fourth-order valence-electron chi connectivity index (χ4n) is 4.21. The highest BCUT2D eigenvalue weighted by Gasteiger charge is 2.11. The van der Waals surface area contributed by atoms with Gasteiger partial charge in [0.05, 0.1) is 6.61 Å². The molecule has 0 radical (unpaired) electrons. The highest BCUT2D eigenvalue weighted by molar-refractivity contribution is 7.46. The Morgan fingerprint density at radius 1 is 0.475 bits per heavy atom. The Kier molecular flexibility index (Phi) is 21.9. The molecule has 0 saturated heterocycles. The summed E-state index contributed by atoms with van der Waals surface area (Å²) in [7, 11) is -4.38. The van der Waals surface area contributed by atoms with Crippen molar-refractivity contribution >= 4 is 7.82 Å². The fourth-order valence-corrected chi connectivity index (χ4v) is 4.48. The minimum atomic E-state index is -4.38. The summed E-state index contributed by atoms with van der Waals surface area (Å²) < 4.78 is 15.2. The molecule has 0 aliphatic carbocycles. The molecule has 0 saturated carbocycles. The zero-order chi connectivity index (χ0) is 30.4. The third-order valence-electron chi connectivity index (χ3n) is 6.92. The van der Waals surface area contributed by atoms with Crippen molar-refractivity contribution in [2.75, 3.05) is 6.61 Å². The molecule has 0 unspecified atom stereocenters. The Hall–Kier alpha value is -1.71. The zero-order valence-corrected chi connectivity index (χ0v) is 27.8. The predicted octanol–water partition coefficient (Wildman–Crippen LogP) is 11.4. The first-order valence-corrected chi connectivity index (χ1v) is 16.6. The first-order chi connectivity index (χ1) is 18.8. The standard InChI is InChI=1S/C35H59O4P/c1-29(2)15-9-16-30(3)17-10-18-31(4)19-11-20-32(5)21-12-22-33(6)23-13-24-34(7)25-14-26-35(8)27-28-39-40(36,37)38/h15,17,19,21,23,25,27H,9-14,16,18,20,22,24,26,28H2,1-8H3,(H2,36,37,38)/b30-17+,31-19+,32-21-,33-23-,34-25-,35-27-. The smallest absolute Gasteiger partial charge is 0.303 e. The Morgan fingerprint density at radius 2 is 0.725 bits per heavy atom. The Bertz CT molecular complexity index is 979. The molecule has 4 nitrogen and oxygen atoms in total. The number of allylic oxidation sites excluding steroid dienone is 13. The molecule has 0 aliphatic heterocycles. The summed E-state index contributed by atoms with van der Waals surface area (Å²) in [5, 5.41) is 0. The van der Waals surface area contributed by atoms with E-state index in [1.165, 1.54) is 39.9 Å². The van der Waals surface area contributed by atoms with E-state index < -0.39 is 7.82 Å². The summed E-state index contributed by atoms with van der Waals surface area (Å²) in [5.74, 6) is 0. The van der Waals surface area contributed by atoms with Crippen LogP contribution in [0.25, 0.3) is 0 Å². The maximum Gasteiger partial charge on any atom is 0.469 e. The molecule has 0 aromatic heterocycles. The van der Waals surface area contributed by atoms with E-state index in [1.807, 2.05) is 6.92 Å². The number of phosphoric acid groups is 1. The van der Waals surface area contributed by atoms with Gasteiger partial charge in [0.25, 0.3) is 0 Å². The topological polar surface area (TPSA) is 66.8 Å². The summed E-state index contributed by atoms with van der Waals surface area (Å²) >= 11 is 0. The zero-order valence-electron chi connectivity index (χ0n) is 26.9. The molecule has 5 heteroatoms. The van der Waals surface area contributed by atoms with Gasteiger partial charge in [0.15, 0.2) is 0 Å². The quantitative estimate of drug-likeness (QED) is 0.106. The summed E-state index contributed by atoms with van der Waals surface area (Å²) in [6, 6.07) is 0. The Labute approximate surface area is 247 Å². The van der Waals surface area contributed by atoms with Crippen molar-refractivity contribution < 1.29 is 18.9 Å². The number of rotatable bonds is 21. The lowest BCUT2D eigenvalue weighted by Crippen LogP contribution is -1.89. The van der Waals surface area contributed by atoms with E-state index in [4.69, 9.17) is 9.79 Å². The van der Waals surface area contributed by atoms with Gasteiger partial charge in [-0.3, -0.25) is 4.52 Å². The minimum Gasteiger partial charge on any atom is -0.303 e. The average molecular weight is 575 g/mol. The van der Waals surface area contributed by atoms with Crippen molar-refractivity contribution in [2.45, 2.75) is 132 Å². The van der Waals surface area contributed by atoms with Crippen LogP contribution in [-0.2, 0) is 9.09 Å². The van der Waals surface area contributed by atoms with Gasteiger partial charge in [-0.2, -0.15) is 0 Å². The molecule has 0 aromatic carbocycles. The predicted molar refractivity (Wildman–Crippen MR) is 175 cm³/mol. The Morgan fingerprint density at radius 3 is 0.975 bits per heavy atom. The lowest BCUT2D eigenvalue weighted by molar-refractivity contribution is 0.215. The maximum atomic E-state index is 10.7. The second-order valence-corrected chi connectivity index (χ2v) is 12.8. The van der Waals surface area contributed by atoms with E-state index in [0.29, 0.717) is 0 Å². The van der Waals surface area contributed by atoms with Crippen LogP contribution in [0.4, 0.5) is 0 Å². The lowest BCUT2D eigenvalue weighted by atomic mass is 10.0. The molecular formula is C35H59O4P. The summed E-state index contributed by atoms with van der Waals surface area (Å²) in [4.78, 5) is 17.4. The van der Waals surface area contributed by atoms with Gasteiger partial charge in [-0.05, 0) is 132 Å². The van der Waals surface area contributed by atoms with Gasteiger partial charge in [-0.15, -0.1) is 0 Å². The van der Waals surface area contributed by atoms with E-state index in [2.05, 4.69) is 89.4 Å². The molecule has 2 N–H and O–H groups in total. The van der Waals surface area contributed by atoms with Crippen molar-refractivity contribution in [1.82, 2.24) is 0 Å². The molecule has 0 fully saturated rings. The largest absolute Gasteiger partial charge is 0.469 e. The van der Waals surface area contributed by atoms with Crippen LogP contribution in [0.2, 0.25) is 0 Å². The first-order valence-electron chi connectivity index (χ1n) is 15.1. The molecule has 0 heterocycles. The highest BCUT2D eigenvalue weighted by Crippen LogP contribution is 2.35. The number of hydrogen-bond acceptors (Lipinski definition) is 2. The van der Waals surface area contributed by atoms with E-state index in [-0.39, 0.29) is 6.61 Å². The summed E-state index contributed by atoms with van der Waals surface area (Å²) in [5.41, 5.74) is 9.82. The lowest BCUT2D eigenvalue weighted by Gasteiger charge is -2.04. The van der Waals surface area contributed by atoms with Crippen LogP contribution in [0.3, 0.4) is 0 Å². The highest BCUT2D eigenvalue weighted by atomic mass is 31.2. The van der Waals surface area contributed by atoms with Gasteiger partial charge in [0.1, 0.15) is 0 Å². The summed E-state index contributed by atoms with van der Waals surface area (Å²) in [6.07, 6.45) is 29.0. The van der Waals surface area contributed by atoms with Crippen LogP contribution in [-0.4, -0.2) is 16.4 Å². The molecule has 0 atom stereocenters. The minimum absolute atomic E-state index is 0.0518. The molecule has 0 bridgehead atoms. The maximum absolute atomic E-state index is 10.7. The van der Waals surface area contributed by atoms with Gasteiger partial charge in [-0.25, -0.2) is 4.57 Å². The van der Waals surface area contributed by atoms with Gasteiger partial charge in [-0.1, -0.05) is 81.5 Å². The third-order valence-corrected chi connectivity index (χ3v) is 7.41. The number of phosphoric ester groups is 1. The van der Waals surface area contributed by atoms with Gasteiger partial charge in [0, 0.05) is 0 Å². The van der Waals surface area contributed by atoms with E-state index in [0.717, 1.165) is 76.2 Å².